The molecule has 1 aromatic carbocycles. The van der Waals surface area contributed by atoms with Gasteiger partial charge < -0.3 is 9.47 Å². The van der Waals surface area contributed by atoms with E-state index in [4.69, 9.17) is 9.47 Å². The first-order chi connectivity index (χ1) is 9.36. The number of hydrogen-bond acceptors (Lipinski definition) is 2. The zero-order valence-corrected chi connectivity index (χ0v) is 11.3. The molecule has 0 atom stereocenters. The lowest BCUT2D eigenvalue weighted by molar-refractivity contribution is -0.129. The molecule has 2 heteroatoms. The van der Waals surface area contributed by atoms with Crippen molar-refractivity contribution in [1.29, 1.82) is 0 Å². The van der Waals surface area contributed by atoms with Gasteiger partial charge >= 0.3 is 0 Å². The fourth-order valence-electron chi connectivity index (χ4n) is 1.58. The van der Waals surface area contributed by atoms with Gasteiger partial charge in [-0.25, -0.2) is 0 Å². The van der Waals surface area contributed by atoms with Gasteiger partial charge in [-0.1, -0.05) is 54.6 Å². The van der Waals surface area contributed by atoms with Crippen LogP contribution in [0.25, 0.3) is 6.08 Å². The SMILES string of the molecule is C=CCOC(CC/C=C/c1ccccc1)OCC=C. The summed E-state index contributed by atoms with van der Waals surface area (Å²) in [4.78, 5) is 0. The molecule has 0 unspecified atom stereocenters. The molecule has 0 aromatic heterocycles. The van der Waals surface area contributed by atoms with Gasteiger partial charge in [-0.15, -0.1) is 13.2 Å². The third-order valence-electron chi connectivity index (χ3n) is 2.48. The monoisotopic (exact) mass is 258 g/mol. The molecule has 0 bridgehead atoms. The lowest BCUT2D eigenvalue weighted by Gasteiger charge is -2.15. The molecule has 0 aliphatic heterocycles. The summed E-state index contributed by atoms with van der Waals surface area (Å²) in [6, 6.07) is 10.2. The number of benzene rings is 1. The van der Waals surface area contributed by atoms with Crippen molar-refractivity contribution in [2.75, 3.05) is 13.2 Å². The Morgan fingerprint density at radius 1 is 1.00 bits per heavy atom. The van der Waals surface area contributed by atoms with Crippen LogP contribution in [0.3, 0.4) is 0 Å². The van der Waals surface area contributed by atoms with Crippen LogP contribution in [0.15, 0.2) is 61.7 Å². The molecule has 1 aromatic rings. The smallest absolute Gasteiger partial charge is 0.158 e. The number of allylic oxidation sites excluding steroid dienone is 1. The summed E-state index contributed by atoms with van der Waals surface area (Å²) in [6.45, 7) is 8.28. The molecular weight excluding hydrogens is 236 g/mol. The third-order valence-corrected chi connectivity index (χ3v) is 2.48. The Morgan fingerprint density at radius 2 is 1.63 bits per heavy atom. The molecule has 0 spiro atoms. The standard InChI is InChI=1S/C17H22O2/c1-3-14-18-17(19-15-4-2)13-9-8-12-16-10-6-5-7-11-16/h3-8,10-12,17H,1-2,9,13-15H2/b12-8+. The number of hydrogen-bond donors (Lipinski definition) is 0. The molecule has 102 valence electrons. The molecule has 0 fully saturated rings. The Labute approximate surface area is 116 Å². The van der Waals surface area contributed by atoms with Crippen molar-refractivity contribution in [1.82, 2.24) is 0 Å². The Bertz CT molecular complexity index is 370. The highest BCUT2D eigenvalue weighted by molar-refractivity contribution is 5.48. The molecule has 0 heterocycles. The zero-order chi connectivity index (χ0) is 13.8. The van der Waals surface area contributed by atoms with E-state index in [1.807, 2.05) is 18.2 Å². The zero-order valence-electron chi connectivity index (χ0n) is 11.3. The minimum atomic E-state index is -0.198. The molecule has 0 saturated carbocycles. The van der Waals surface area contributed by atoms with Crippen LogP contribution in [0, 0.1) is 0 Å². The Kier molecular flexibility index (Phi) is 8.36. The molecule has 0 N–H and O–H groups in total. The van der Waals surface area contributed by atoms with Gasteiger partial charge in [0.25, 0.3) is 0 Å². The Balaban J connectivity index is 2.31. The van der Waals surface area contributed by atoms with Gasteiger partial charge in [-0.2, -0.15) is 0 Å². The van der Waals surface area contributed by atoms with Crippen molar-refractivity contribution in [3.63, 3.8) is 0 Å². The number of ether oxygens (including phenoxy) is 2. The van der Waals surface area contributed by atoms with Crippen molar-refractivity contribution in [2.24, 2.45) is 0 Å². The Hall–Kier alpha value is -1.64. The minimum absolute atomic E-state index is 0.198. The first kappa shape index (κ1) is 15.4. The summed E-state index contributed by atoms with van der Waals surface area (Å²) in [7, 11) is 0. The maximum Gasteiger partial charge on any atom is 0.158 e. The fourth-order valence-corrected chi connectivity index (χ4v) is 1.58. The summed E-state index contributed by atoms with van der Waals surface area (Å²) < 4.78 is 11.0. The molecule has 0 aliphatic carbocycles. The van der Waals surface area contributed by atoms with E-state index in [-0.39, 0.29) is 6.29 Å². The number of rotatable bonds is 10. The van der Waals surface area contributed by atoms with Gasteiger partial charge in [0.05, 0.1) is 13.2 Å². The van der Waals surface area contributed by atoms with Crippen molar-refractivity contribution < 1.29 is 9.47 Å². The van der Waals surface area contributed by atoms with E-state index in [1.54, 1.807) is 12.2 Å². The van der Waals surface area contributed by atoms with Gasteiger partial charge in [-0.05, 0) is 12.0 Å². The normalized spacial score (nSPS) is 11.0. The van der Waals surface area contributed by atoms with Gasteiger partial charge in [0, 0.05) is 6.42 Å². The summed E-state index contributed by atoms with van der Waals surface area (Å²) in [5, 5.41) is 0. The maximum atomic E-state index is 5.52. The third kappa shape index (κ3) is 7.39. The predicted molar refractivity (Wildman–Crippen MR) is 80.8 cm³/mol. The topological polar surface area (TPSA) is 18.5 Å². The average molecular weight is 258 g/mol. The van der Waals surface area contributed by atoms with Crippen LogP contribution in [0.1, 0.15) is 18.4 Å². The maximum absolute atomic E-state index is 5.52. The lowest BCUT2D eigenvalue weighted by atomic mass is 10.2. The molecule has 0 saturated heterocycles. The summed E-state index contributed by atoms with van der Waals surface area (Å²) >= 11 is 0. The first-order valence-corrected chi connectivity index (χ1v) is 6.53. The van der Waals surface area contributed by atoms with Gasteiger partial charge in [0.1, 0.15) is 0 Å². The quantitative estimate of drug-likeness (QED) is 0.462. The van der Waals surface area contributed by atoms with Crippen molar-refractivity contribution >= 4 is 6.08 Å². The molecule has 19 heavy (non-hydrogen) atoms. The van der Waals surface area contributed by atoms with Crippen molar-refractivity contribution in [3.05, 3.63) is 67.3 Å². The second-order valence-electron chi connectivity index (χ2n) is 4.06. The van der Waals surface area contributed by atoms with Gasteiger partial charge in [0.2, 0.25) is 0 Å². The molecular formula is C17H22O2. The molecule has 2 nitrogen and oxygen atoms in total. The van der Waals surface area contributed by atoms with E-state index in [9.17, 15) is 0 Å². The summed E-state index contributed by atoms with van der Waals surface area (Å²) in [5.41, 5.74) is 1.21. The second-order valence-corrected chi connectivity index (χ2v) is 4.06. The van der Waals surface area contributed by atoms with Crippen LogP contribution in [0.2, 0.25) is 0 Å². The summed E-state index contributed by atoms with van der Waals surface area (Å²) in [5.74, 6) is 0. The van der Waals surface area contributed by atoms with E-state index in [1.165, 1.54) is 5.56 Å². The minimum Gasteiger partial charge on any atom is -0.349 e. The van der Waals surface area contributed by atoms with Crippen LogP contribution in [-0.2, 0) is 9.47 Å². The first-order valence-electron chi connectivity index (χ1n) is 6.53. The predicted octanol–water partition coefficient (Wildman–Crippen LogP) is 4.21. The second kappa shape index (κ2) is 10.3. The van der Waals surface area contributed by atoms with Crippen molar-refractivity contribution in [2.45, 2.75) is 19.1 Å². The Morgan fingerprint density at radius 3 is 2.21 bits per heavy atom. The largest absolute Gasteiger partial charge is 0.349 e. The summed E-state index contributed by atoms with van der Waals surface area (Å²) in [6.07, 6.45) is 9.23. The van der Waals surface area contributed by atoms with Crippen LogP contribution < -0.4 is 0 Å². The highest BCUT2D eigenvalue weighted by atomic mass is 16.7. The van der Waals surface area contributed by atoms with Crippen LogP contribution in [-0.4, -0.2) is 19.5 Å². The lowest BCUT2D eigenvalue weighted by Crippen LogP contribution is -2.17. The van der Waals surface area contributed by atoms with Crippen molar-refractivity contribution in [3.8, 4) is 0 Å². The van der Waals surface area contributed by atoms with Gasteiger partial charge in [0.15, 0.2) is 6.29 Å². The fraction of sp³-hybridized carbons (Fsp3) is 0.294. The molecule has 1 rings (SSSR count). The van der Waals surface area contributed by atoms with E-state index in [0.717, 1.165) is 12.8 Å². The highest BCUT2D eigenvalue weighted by Crippen LogP contribution is 2.08. The highest BCUT2D eigenvalue weighted by Gasteiger charge is 2.06. The van der Waals surface area contributed by atoms with Crippen LogP contribution in [0.4, 0.5) is 0 Å². The van der Waals surface area contributed by atoms with E-state index >= 15 is 0 Å². The molecule has 0 aliphatic rings. The molecule has 0 radical (unpaired) electrons. The van der Waals surface area contributed by atoms with Crippen LogP contribution in [0.5, 0.6) is 0 Å². The molecule has 0 amide bonds. The van der Waals surface area contributed by atoms with E-state index < -0.39 is 0 Å². The van der Waals surface area contributed by atoms with Gasteiger partial charge in [-0.3, -0.25) is 0 Å². The van der Waals surface area contributed by atoms with Crippen LogP contribution >= 0.6 is 0 Å². The van der Waals surface area contributed by atoms with E-state index in [2.05, 4.69) is 37.4 Å². The average Bonchev–Trinajstić information content (AvgIpc) is 2.46. The van der Waals surface area contributed by atoms with E-state index in [0.29, 0.717) is 13.2 Å².